The van der Waals surface area contributed by atoms with Gasteiger partial charge in [-0.2, -0.15) is 0 Å². The second-order valence-corrected chi connectivity index (χ2v) is 4.98. The van der Waals surface area contributed by atoms with Crippen molar-refractivity contribution in [2.75, 3.05) is 32.6 Å². The van der Waals surface area contributed by atoms with E-state index in [0.717, 1.165) is 0 Å². The van der Waals surface area contributed by atoms with Crippen molar-refractivity contribution >= 4 is 29.4 Å². The van der Waals surface area contributed by atoms with E-state index in [1.54, 1.807) is 44.1 Å². The van der Waals surface area contributed by atoms with Crippen molar-refractivity contribution in [2.24, 2.45) is 0 Å². The third-order valence-corrected chi connectivity index (χ3v) is 2.65. The SMILES string of the molecule is CCOC(=O)Nc1cc(Cl)ccc1COC(=O)CN(C)C. The fourth-order valence-corrected chi connectivity index (χ4v) is 1.70. The van der Waals surface area contributed by atoms with Crippen LogP contribution in [-0.4, -0.2) is 44.2 Å². The van der Waals surface area contributed by atoms with Crippen LogP contribution in [0.3, 0.4) is 0 Å². The van der Waals surface area contributed by atoms with Crippen LogP contribution in [0.15, 0.2) is 18.2 Å². The Morgan fingerprint density at radius 3 is 2.62 bits per heavy atom. The van der Waals surface area contributed by atoms with E-state index in [9.17, 15) is 9.59 Å². The van der Waals surface area contributed by atoms with E-state index < -0.39 is 6.09 Å². The number of carbonyl (C=O) groups is 2. The summed E-state index contributed by atoms with van der Waals surface area (Å²) in [7, 11) is 3.55. The second kappa shape index (κ2) is 8.49. The maximum atomic E-state index is 11.5. The van der Waals surface area contributed by atoms with Gasteiger partial charge in [-0.3, -0.25) is 15.0 Å². The molecule has 0 spiro atoms. The molecule has 0 aliphatic heterocycles. The Morgan fingerprint density at radius 2 is 2.00 bits per heavy atom. The number of anilines is 1. The molecule has 1 amide bonds. The Labute approximate surface area is 129 Å². The van der Waals surface area contributed by atoms with E-state index >= 15 is 0 Å². The smallest absolute Gasteiger partial charge is 0.411 e. The van der Waals surface area contributed by atoms with Crippen LogP contribution >= 0.6 is 11.6 Å². The number of benzene rings is 1. The summed E-state index contributed by atoms with van der Waals surface area (Å²) in [5.41, 5.74) is 1.10. The highest BCUT2D eigenvalue weighted by molar-refractivity contribution is 6.31. The Kier molecular flexibility index (Phi) is 6.98. The van der Waals surface area contributed by atoms with Crippen molar-refractivity contribution in [2.45, 2.75) is 13.5 Å². The molecule has 0 radical (unpaired) electrons. The monoisotopic (exact) mass is 314 g/mol. The summed E-state index contributed by atoms with van der Waals surface area (Å²) in [5, 5.41) is 3.03. The van der Waals surface area contributed by atoms with E-state index in [4.69, 9.17) is 21.1 Å². The molecule has 0 unspecified atom stereocenters. The first kappa shape index (κ1) is 17.3. The van der Waals surface area contributed by atoms with Gasteiger partial charge in [0.05, 0.1) is 18.8 Å². The predicted molar refractivity (Wildman–Crippen MR) is 80.4 cm³/mol. The lowest BCUT2D eigenvalue weighted by Crippen LogP contribution is -2.23. The zero-order chi connectivity index (χ0) is 15.8. The lowest BCUT2D eigenvalue weighted by Gasteiger charge is -2.13. The van der Waals surface area contributed by atoms with Crippen LogP contribution in [-0.2, 0) is 20.9 Å². The summed E-state index contributed by atoms with van der Waals surface area (Å²) in [6.45, 7) is 2.21. The number of nitrogens with zero attached hydrogens (tertiary/aromatic N) is 1. The normalized spacial score (nSPS) is 10.3. The van der Waals surface area contributed by atoms with Gasteiger partial charge in [0.25, 0.3) is 0 Å². The number of carbonyl (C=O) groups excluding carboxylic acids is 2. The van der Waals surface area contributed by atoms with Crippen LogP contribution in [0.5, 0.6) is 0 Å². The molecule has 0 saturated carbocycles. The standard InChI is InChI=1S/C14H19ClN2O4/c1-4-20-14(19)16-12-7-11(15)6-5-10(12)9-21-13(18)8-17(2)3/h5-7H,4,8-9H2,1-3H3,(H,16,19). The van der Waals surface area contributed by atoms with Crippen LogP contribution in [0.1, 0.15) is 12.5 Å². The van der Waals surface area contributed by atoms with Gasteiger partial charge in [-0.25, -0.2) is 4.79 Å². The Morgan fingerprint density at radius 1 is 1.29 bits per heavy atom. The first-order valence-electron chi connectivity index (χ1n) is 6.45. The van der Waals surface area contributed by atoms with Gasteiger partial charge in [-0.15, -0.1) is 0 Å². The molecule has 21 heavy (non-hydrogen) atoms. The van der Waals surface area contributed by atoms with Gasteiger partial charge in [0.15, 0.2) is 0 Å². The maximum Gasteiger partial charge on any atom is 0.411 e. The van der Waals surface area contributed by atoms with Gasteiger partial charge in [0.1, 0.15) is 6.61 Å². The zero-order valence-electron chi connectivity index (χ0n) is 12.3. The number of halogens is 1. The van der Waals surface area contributed by atoms with Gasteiger partial charge in [0.2, 0.25) is 0 Å². The summed E-state index contributed by atoms with van der Waals surface area (Å²) in [4.78, 5) is 24.7. The number of esters is 1. The Hall–Kier alpha value is -1.79. The molecule has 1 N–H and O–H groups in total. The molecule has 7 heteroatoms. The minimum absolute atomic E-state index is 0.0472. The van der Waals surface area contributed by atoms with Gasteiger partial charge in [0, 0.05) is 10.6 Å². The second-order valence-electron chi connectivity index (χ2n) is 4.55. The quantitative estimate of drug-likeness (QED) is 0.817. The van der Waals surface area contributed by atoms with Gasteiger partial charge in [-0.05, 0) is 33.2 Å². The molecular weight excluding hydrogens is 296 g/mol. The summed E-state index contributed by atoms with van der Waals surface area (Å²) < 4.78 is 9.96. The van der Waals surface area contributed by atoms with E-state index in [2.05, 4.69) is 5.32 Å². The molecule has 0 aliphatic carbocycles. The molecule has 1 rings (SSSR count). The number of ether oxygens (including phenoxy) is 2. The van der Waals surface area contributed by atoms with Gasteiger partial charge >= 0.3 is 12.1 Å². The molecular formula is C14H19ClN2O4. The highest BCUT2D eigenvalue weighted by Crippen LogP contribution is 2.22. The third kappa shape index (κ3) is 6.46. The lowest BCUT2D eigenvalue weighted by molar-refractivity contribution is -0.145. The number of rotatable bonds is 6. The van der Waals surface area contributed by atoms with Gasteiger partial charge < -0.3 is 9.47 Å². The fraction of sp³-hybridized carbons (Fsp3) is 0.429. The average molecular weight is 315 g/mol. The van der Waals surface area contributed by atoms with Crippen LogP contribution in [0.4, 0.5) is 10.5 Å². The molecule has 1 aromatic carbocycles. The molecule has 0 fully saturated rings. The molecule has 116 valence electrons. The largest absolute Gasteiger partial charge is 0.460 e. The summed E-state index contributed by atoms with van der Waals surface area (Å²) in [6, 6.07) is 4.92. The molecule has 6 nitrogen and oxygen atoms in total. The highest BCUT2D eigenvalue weighted by atomic mass is 35.5. The molecule has 0 bridgehead atoms. The minimum atomic E-state index is -0.583. The number of likely N-dealkylation sites (N-methyl/N-ethyl adjacent to an activating group) is 1. The van der Waals surface area contributed by atoms with Crippen molar-refractivity contribution in [3.05, 3.63) is 28.8 Å². The average Bonchev–Trinajstić information content (AvgIpc) is 2.37. The highest BCUT2D eigenvalue weighted by Gasteiger charge is 2.11. The summed E-state index contributed by atoms with van der Waals surface area (Å²) in [5.74, 6) is -0.350. The number of hydrogen-bond donors (Lipinski definition) is 1. The van der Waals surface area contributed by atoms with E-state index in [-0.39, 0.29) is 25.7 Å². The van der Waals surface area contributed by atoms with Crippen molar-refractivity contribution in [3.8, 4) is 0 Å². The third-order valence-electron chi connectivity index (χ3n) is 2.42. The van der Waals surface area contributed by atoms with Crippen LogP contribution in [0, 0.1) is 0 Å². The van der Waals surface area contributed by atoms with E-state index in [1.165, 1.54) is 0 Å². The van der Waals surface area contributed by atoms with Crippen molar-refractivity contribution in [1.29, 1.82) is 0 Å². The molecule has 0 atom stereocenters. The number of amides is 1. The van der Waals surface area contributed by atoms with E-state index in [1.807, 2.05) is 0 Å². The first-order valence-corrected chi connectivity index (χ1v) is 6.82. The lowest BCUT2D eigenvalue weighted by atomic mass is 10.2. The predicted octanol–water partition coefficient (Wildman–Crippen LogP) is 2.51. The fourth-order valence-electron chi connectivity index (χ4n) is 1.53. The zero-order valence-corrected chi connectivity index (χ0v) is 13.1. The van der Waals surface area contributed by atoms with Crippen LogP contribution < -0.4 is 5.32 Å². The molecule has 0 saturated heterocycles. The van der Waals surface area contributed by atoms with Crippen molar-refractivity contribution in [3.63, 3.8) is 0 Å². The maximum absolute atomic E-state index is 11.5. The summed E-state index contributed by atoms with van der Waals surface area (Å²) >= 11 is 5.90. The topological polar surface area (TPSA) is 67.9 Å². The first-order chi connectivity index (χ1) is 9.92. The number of nitrogens with one attached hydrogen (secondary N) is 1. The van der Waals surface area contributed by atoms with Gasteiger partial charge in [-0.1, -0.05) is 17.7 Å². The molecule has 0 heterocycles. The van der Waals surface area contributed by atoms with Crippen LogP contribution in [0.2, 0.25) is 5.02 Å². The van der Waals surface area contributed by atoms with Crippen LogP contribution in [0.25, 0.3) is 0 Å². The summed E-state index contributed by atoms with van der Waals surface area (Å²) in [6.07, 6.45) is -0.583. The number of hydrogen-bond acceptors (Lipinski definition) is 5. The Balaban J connectivity index is 2.72. The van der Waals surface area contributed by atoms with Crippen molar-refractivity contribution < 1.29 is 19.1 Å². The van der Waals surface area contributed by atoms with Crippen molar-refractivity contribution in [1.82, 2.24) is 4.90 Å². The molecule has 0 aromatic heterocycles. The minimum Gasteiger partial charge on any atom is -0.460 e. The Bertz CT molecular complexity index is 506. The molecule has 1 aromatic rings. The van der Waals surface area contributed by atoms with E-state index in [0.29, 0.717) is 16.3 Å². The molecule has 0 aliphatic rings.